The molecule has 6 nitrogen and oxygen atoms in total. The van der Waals surface area contributed by atoms with Crippen LogP contribution in [0, 0.1) is 0 Å². The van der Waals surface area contributed by atoms with Crippen molar-refractivity contribution in [2.75, 3.05) is 18.1 Å². The molecule has 0 aromatic rings. The summed E-state index contributed by atoms with van der Waals surface area (Å²) in [5, 5.41) is 6.04. The first-order valence-corrected chi connectivity index (χ1v) is 9.16. The summed E-state index contributed by atoms with van der Waals surface area (Å²) in [6.07, 6.45) is 1.08. The fourth-order valence-electron chi connectivity index (χ4n) is 2.21. The van der Waals surface area contributed by atoms with Crippen molar-refractivity contribution in [2.24, 2.45) is 0 Å². The molecule has 1 saturated heterocycles. The molecule has 0 saturated carbocycles. The zero-order chi connectivity index (χ0) is 16.3. The molecule has 1 atom stereocenters. The third-order valence-corrected chi connectivity index (χ3v) is 4.96. The lowest BCUT2D eigenvalue weighted by molar-refractivity contribution is 0.0470. The van der Waals surface area contributed by atoms with Crippen molar-refractivity contribution in [2.45, 2.75) is 64.6 Å². The summed E-state index contributed by atoms with van der Waals surface area (Å²) in [6, 6.07) is -0.0385. The molecule has 1 amide bonds. The first kappa shape index (κ1) is 18.2. The molecule has 2 N–H and O–H groups in total. The van der Waals surface area contributed by atoms with E-state index in [0.717, 1.165) is 6.42 Å². The highest BCUT2D eigenvalue weighted by atomic mass is 32.2. The van der Waals surface area contributed by atoms with Crippen molar-refractivity contribution in [3.05, 3.63) is 0 Å². The van der Waals surface area contributed by atoms with Gasteiger partial charge in [0.15, 0.2) is 9.84 Å². The predicted octanol–water partition coefficient (Wildman–Crippen LogP) is 1.46. The molecule has 1 heterocycles. The van der Waals surface area contributed by atoms with Crippen LogP contribution in [0.4, 0.5) is 4.79 Å². The zero-order valence-corrected chi connectivity index (χ0v) is 14.5. The largest absolute Gasteiger partial charge is 0.444 e. The number of carbonyl (C=O) groups is 1. The lowest BCUT2D eigenvalue weighted by atomic mass is 10.0. The Labute approximate surface area is 127 Å². The molecule has 1 rings (SSSR count). The average molecular weight is 320 g/mol. The third-order valence-electron chi connectivity index (χ3n) is 3.14. The van der Waals surface area contributed by atoms with E-state index in [0.29, 0.717) is 13.0 Å². The monoisotopic (exact) mass is 320 g/mol. The van der Waals surface area contributed by atoms with Crippen LogP contribution in [0.1, 0.15) is 47.5 Å². The van der Waals surface area contributed by atoms with Gasteiger partial charge in [0.25, 0.3) is 0 Å². The van der Waals surface area contributed by atoms with Crippen LogP contribution in [-0.4, -0.2) is 49.7 Å². The van der Waals surface area contributed by atoms with E-state index >= 15 is 0 Å². The molecule has 1 unspecified atom stereocenters. The van der Waals surface area contributed by atoms with Crippen LogP contribution < -0.4 is 10.6 Å². The van der Waals surface area contributed by atoms with Crippen LogP contribution in [0.15, 0.2) is 0 Å². The highest BCUT2D eigenvalue weighted by Gasteiger charge is 2.28. The summed E-state index contributed by atoms with van der Waals surface area (Å²) >= 11 is 0. The smallest absolute Gasteiger partial charge is 0.408 e. The zero-order valence-electron chi connectivity index (χ0n) is 13.7. The Morgan fingerprint density at radius 1 is 1.24 bits per heavy atom. The lowest BCUT2D eigenvalue weighted by Crippen LogP contribution is -2.54. The predicted molar refractivity (Wildman–Crippen MR) is 83.1 cm³/mol. The van der Waals surface area contributed by atoms with E-state index in [1.54, 1.807) is 0 Å². The molecule has 0 aromatic heterocycles. The molecule has 1 aliphatic heterocycles. The van der Waals surface area contributed by atoms with E-state index < -0.39 is 27.1 Å². The maximum atomic E-state index is 11.8. The maximum Gasteiger partial charge on any atom is 0.408 e. The highest BCUT2D eigenvalue weighted by molar-refractivity contribution is 7.91. The van der Waals surface area contributed by atoms with Gasteiger partial charge in [-0.15, -0.1) is 0 Å². The molecule has 0 bridgehead atoms. The fourth-order valence-corrected chi connectivity index (χ4v) is 3.88. The fraction of sp³-hybridized carbons (Fsp3) is 0.929. The Morgan fingerprint density at radius 3 is 2.38 bits per heavy atom. The number of nitrogens with one attached hydrogen (secondary N) is 2. The standard InChI is InChI=1S/C14H28N2O4S/c1-13(2,3)20-12(17)16-14(4,5)10-15-11-7-6-8-21(18,19)9-11/h11,15H,6-10H2,1-5H3,(H,16,17). The highest BCUT2D eigenvalue weighted by Crippen LogP contribution is 2.13. The molecule has 1 aliphatic rings. The second-order valence-corrected chi connectivity index (χ2v) is 9.57. The summed E-state index contributed by atoms with van der Waals surface area (Å²) < 4.78 is 28.4. The summed E-state index contributed by atoms with van der Waals surface area (Å²) in [5.41, 5.74) is -1.05. The van der Waals surface area contributed by atoms with E-state index in [-0.39, 0.29) is 17.5 Å². The number of hydrogen-bond acceptors (Lipinski definition) is 5. The van der Waals surface area contributed by atoms with E-state index in [1.807, 2.05) is 34.6 Å². The first-order chi connectivity index (χ1) is 9.39. The molecule has 1 fully saturated rings. The molecule has 7 heteroatoms. The summed E-state index contributed by atoms with van der Waals surface area (Å²) in [7, 11) is -2.92. The van der Waals surface area contributed by atoms with Crippen molar-refractivity contribution in [1.29, 1.82) is 0 Å². The molecule has 21 heavy (non-hydrogen) atoms. The van der Waals surface area contributed by atoms with Gasteiger partial charge in [0.1, 0.15) is 5.60 Å². The van der Waals surface area contributed by atoms with Gasteiger partial charge in [-0.3, -0.25) is 0 Å². The molecular formula is C14H28N2O4S. The Balaban J connectivity index is 2.44. The van der Waals surface area contributed by atoms with Gasteiger partial charge in [-0.1, -0.05) is 0 Å². The maximum absolute atomic E-state index is 11.8. The quantitative estimate of drug-likeness (QED) is 0.819. The van der Waals surface area contributed by atoms with Crippen LogP contribution >= 0.6 is 0 Å². The first-order valence-electron chi connectivity index (χ1n) is 7.34. The second-order valence-electron chi connectivity index (χ2n) is 7.35. The van der Waals surface area contributed by atoms with Gasteiger partial charge in [-0.2, -0.15) is 0 Å². The normalized spacial score (nSPS) is 22.6. The van der Waals surface area contributed by atoms with Crippen LogP contribution in [0.5, 0.6) is 0 Å². The number of ether oxygens (including phenoxy) is 1. The number of rotatable bonds is 4. The minimum atomic E-state index is -2.92. The van der Waals surface area contributed by atoms with E-state index in [9.17, 15) is 13.2 Å². The minimum absolute atomic E-state index is 0.0385. The molecule has 0 spiro atoms. The lowest BCUT2D eigenvalue weighted by Gasteiger charge is -2.31. The van der Waals surface area contributed by atoms with E-state index in [1.165, 1.54) is 0 Å². The van der Waals surface area contributed by atoms with Crippen molar-refractivity contribution >= 4 is 15.9 Å². The van der Waals surface area contributed by atoms with Gasteiger partial charge < -0.3 is 15.4 Å². The molecule has 0 aromatic carbocycles. The third kappa shape index (κ3) is 7.66. The number of hydrogen-bond donors (Lipinski definition) is 2. The Kier molecular flexibility index (Phi) is 5.66. The summed E-state index contributed by atoms with van der Waals surface area (Å²) in [5.74, 6) is 0.459. The number of amides is 1. The van der Waals surface area contributed by atoms with Crippen molar-refractivity contribution in [3.8, 4) is 0 Å². The van der Waals surface area contributed by atoms with Crippen LogP contribution in [0.3, 0.4) is 0 Å². The SMILES string of the molecule is CC(C)(CNC1CCCS(=O)(=O)C1)NC(=O)OC(C)(C)C. The number of alkyl carbamates (subject to hydrolysis) is 1. The van der Waals surface area contributed by atoms with Crippen molar-refractivity contribution in [1.82, 2.24) is 10.6 Å². The summed E-state index contributed by atoms with van der Waals surface area (Å²) in [6.45, 7) is 9.68. The van der Waals surface area contributed by atoms with E-state index in [4.69, 9.17) is 4.74 Å². The molecule has 0 aliphatic carbocycles. The van der Waals surface area contributed by atoms with Crippen molar-refractivity contribution < 1.29 is 17.9 Å². The van der Waals surface area contributed by atoms with Gasteiger partial charge in [-0.05, 0) is 47.5 Å². The summed E-state index contributed by atoms with van der Waals surface area (Å²) in [4.78, 5) is 11.8. The van der Waals surface area contributed by atoms with E-state index in [2.05, 4.69) is 10.6 Å². The topological polar surface area (TPSA) is 84.5 Å². The number of carbonyl (C=O) groups excluding carboxylic acids is 1. The van der Waals surface area contributed by atoms with Gasteiger partial charge in [-0.25, -0.2) is 13.2 Å². The second kappa shape index (κ2) is 6.52. The van der Waals surface area contributed by atoms with Crippen molar-refractivity contribution in [3.63, 3.8) is 0 Å². The van der Waals surface area contributed by atoms with Crippen LogP contribution in [0.25, 0.3) is 0 Å². The van der Waals surface area contributed by atoms with Gasteiger partial charge in [0.05, 0.1) is 17.0 Å². The van der Waals surface area contributed by atoms with Crippen LogP contribution in [0.2, 0.25) is 0 Å². The van der Waals surface area contributed by atoms with Gasteiger partial charge in [0, 0.05) is 12.6 Å². The number of sulfone groups is 1. The Morgan fingerprint density at radius 2 is 1.86 bits per heavy atom. The van der Waals surface area contributed by atoms with Gasteiger partial charge >= 0.3 is 6.09 Å². The average Bonchev–Trinajstić information content (AvgIpc) is 2.21. The molecular weight excluding hydrogens is 292 g/mol. The van der Waals surface area contributed by atoms with Crippen LogP contribution in [-0.2, 0) is 14.6 Å². The van der Waals surface area contributed by atoms with Gasteiger partial charge in [0.2, 0.25) is 0 Å². The Hall–Kier alpha value is -0.820. The molecule has 0 radical (unpaired) electrons. The minimum Gasteiger partial charge on any atom is -0.444 e. The Bertz CT molecular complexity index is 466. The molecule has 124 valence electrons.